The summed E-state index contributed by atoms with van der Waals surface area (Å²) < 4.78 is 0.787. The number of carbonyl (C=O) groups is 1. The molecule has 0 atom stereocenters. The molecule has 1 aromatic heterocycles. The third-order valence-corrected chi connectivity index (χ3v) is 4.12. The van der Waals surface area contributed by atoms with E-state index in [0.29, 0.717) is 11.3 Å². The van der Waals surface area contributed by atoms with E-state index < -0.39 is 0 Å². The molecule has 0 spiro atoms. The Balaban J connectivity index is 2.15. The van der Waals surface area contributed by atoms with Crippen molar-refractivity contribution in [2.45, 2.75) is 33.1 Å². The number of hydrogen-bond donors (Lipinski definition) is 1. The number of halogens is 1. The van der Waals surface area contributed by atoms with Crippen LogP contribution in [0.15, 0.2) is 41.1 Å². The van der Waals surface area contributed by atoms with Crippen LogP contribution in [-0.4, -0.2) is 10.9 Å². The normalized spacial score (nSPS) is 11.3. The Morgan fingerprint density at radius 1 is 1.19 bits per heavy atom. The van der Waals surface area contributed by atoms with E-state index in [4.69, 9.17) is 0 Å². The number of aromatic nitrogens is 1. The Bertz CT molecular complexity index is 657. The van der Waals surface area contributed by atoms with E-state index >= 15 is 0 Å². The highest BCUT2D eigenvalue weighted by Crippen LogP contribution is 2.22. The topological polar surface area (TPSA) is 42.0 Å². The summed E-state index contributed by atoms with van der Waals surface area (Å²) in [7, 11) is 0. The van der Waals surface area contributed by atoms with Gasteiger partial charge in [0, 0.05) is 5.56 Å². The van der Waals surface area contributed by atoms with Crippen LogP contribution in [0.1, 0.15) is 42.3 Å². The molecule has 21 heavy (non-hydrogen) atoms. The van der Waals surface area contributed by atoms with E-state index in [1.54, 1.807) is 6.20 Å². The molecule has 2 rings (SSSR count). The van der Waals surface area contributed by atoms with Gasteiger partial charge < -0.3 is 5.32 Å². The minimum absolute atomic E-state index is 0.0851. The molecule has 2 aromatic rings. The predicted molar refractivity (Wildman–Crippen MR) is 89.8 cm³/mol. The van der Waals surface area contributed by atoms with Crippen LogP contribution in [0, 0.1) is 6.92 Å². The van der Waals surface area contributed by atoms with Gasteiger partial charge in [0.05, 0.1) is 11.9 Å². The molecule has 1 N–H and O–H groups in total. The zero-order valence-electron chi connectivity index (χ0n) is 12.7. The predicted octanol–water partition coefficient (Wildman–Crippen LogP) is 4.70. The van der Waals surface area contributed by atoms with Crippen LogP contribution in [-0.2, 0) is 5.41 Å². The zero-order chi connectivity index (χ0) is 15.6. The molecule has 1 heterocycles. The second kappa shape index (κ2) is 5.98. The fourth-order valence-electron chi connectivity index (χ4n) is 1.95. The lowest BCUT2D eigenvalue weighted by atomic mass is 9.87. The van der Waals surface area contributed by atoms with Crippen molar-refractivity contribution in [3.05, 3.63) is 57.8 Å². The van der Waals surface area contributed by atoms with E-state index in [1.165, 1.54) is 5.56 Å². The number of carbonyl (C=O) groups excluding carboxylic acids is 1. The molecule has 1 amide bonds. The molecular weight excluding hydrogens is 328 g/mol. The molecule has 4 heteroatoms. The van der Waals surface area contributed by atoms with Crippen LogP contribution in [0.25, 0.3) is 0 Å². The number of pyridine rings is 1. The van der Waals surface area contributed by atoms with Gasteiger partial charge in [-0.3, -0.25) is 4.79 Å². The SMILES string of the molecule is Cc1cc(NC(=O)c2ccc(C(C)(C)C)cc2)cnc1Br. The summed E-state index contributed by atoms with van der Waals surface area (Å²) in [6.07, 6.45) is 1.64. The second-order valence-electron chi connectivity index (χ2n) is 6.11. The van der Waals surface area contributed by atoms with Gasteiger partial charge in [-0.1, -0.05) is 32.9 Å². The van der Waals surface area contributed by atoms with E-state index in [-0.39, 0.29) is 11.3 Å². The summed E-state index contributed by atoms with van der Waals surface area (Å²) in [5.41, 5.74) is 3.61. The Morgan fingerprint density at radius 2 is 1.81 bits per heavy atom. The fraction of sp³-hybridized carbons (Fsp3) is 0.294. The number of aryl methyl sites for hydroxylation is 1. The van der Waals surface area contributed by atoms with Gasteiger partial charge in [0.25, 0.3) is 5.91 Å². The van der Waals surface area contributed by atoms with Crippen LogP contribution in [0.5, 0.6) is 0 Å². The molecule has 0 saturated carbocycles. The van der Waals surface area contributed by atoms with Crippen molar-refractivity contribution in [1.29, 1.82) is 0 Å². The first-order chi connectivity index (χ1) is 9.77. The largest absolute Gasteiger partial charge is 0.321 e. The van der Waals surface area contributed by atoms with Gasteiger partial charge in [-0.2, -0.15) is 0 Å². The molecule has 0 fully saturated rings. The number of benzene rings is 1. The van der Waals surface area contributed by atoms with Crippen LogP contribution < -0.4 is 5.32 Å². The van der Waals surface area contributed by atoms with Gasteiger partial charge in [0.15, 0.2) is 0 Å². The summed E-state index contributed by atoms with van der Waals surface area (Å²) in [5, 5.41) is 2.86. The maximum atomic E-state index is 12.2. The smallest absolute Gasteiger partial charge is 0.255 e. The molecule has 0 aliphatic carbocycles. The third kappa shape index (κ3) is 3.91. The Morgan fingerprint density at radius 3 is 2.33 bits per heavy atom. The minimum Gasteiger partial charge on any atom is -0.321 e. The molecule has 110 valence electrons. The van der Waals surface area contributed by atoms with E-state index in [1.807, 2.05) is 37.3 Å². The van der Waals surface area contributed by atoms with Crippen molar-refractivity contribution in [3.63, 3.8) is 0 Å². The van der Waals surface area contributed by atoms with Crippen molar-refractivity contribution < 1.29 is 4.79 Å². The van der Waals surface area contributed by atoms with E-state index in [9.17, 15) is 4.79 Å². The molecule has 0 aliphatic rings. The van der Waals surface area contributed by atoms with Crippen molar-refractivity contribution in [2.75, 3.05) is 5.32 Å². The first-order valence-corrected chi connectivity index (χ1v) is 7.61. The van der Waals surface area contributed by atoms with E-state index in [2.05, 4.69) is 47.0 Å². The van der Waals surface area contributed by atoms with Crippen molar-refractivity contribution in [3.8, 4) is 0 Å². The van der Waals surface area contributed by atoms with Crippen LogP contribution in [0.4, 0.5) is 5.69 Å². The molecule has 3 nitrogen and oxygen atoms in total. The number of amides is 1. The van der Waals surface area contributed by atoms with Gasteiger partial charge >= 0.3 is 0 Å². The molecule has 0 saturated heterocycles. The number of rotatable bonds is 2. The van der Waals surface area contributed by atoms with Crippen LogP contribution in [0.2, 0.25) is 0 Å². The van der Waals surface area contributed by atoms with Crippen molar-refractivity contribution in [1.82, 2.24) is 4.98 Å². The molecule has 1 aromatic carbocycles. The number of hydrogen-bond acceptors (Lipinski definition) is 2. The van der Waals surface area contributed by atoms with Gasteiger partial charge in [-0.15, -0.1) is 0 Å². The first kappa shape index (κ1) is 15.7. The summed E-state index contributed by atoms with van der Waals surface area (Å²) in [5.74, 6) is -0.126. The van der Waals surface area contributed by atoms with Crippen molar-refractivity contribution in [2.24, 2.45) is 0 Å². The Labute approximate surface area is 133 Å². The summed E-state index contributed by atoms with van der Waals surface area (Å²) >= 11 is 3.34. The lowest BCUT2D eigenvalue weighted by molar-refractivity contribution is 0.102. The minimum atomic E-state index is -0.126. The van der Waals surface area contributed by atoms with Gasteiger partial charge in [-0.25, -0.2) is 4.98 Å². The average Bonchev–Trinajstić information content (AvgIpc) is 2.42. The van der Waals surface area contributed by atoms with Crippen molar-refractivity contribution >= 4 is 27.5 Å². The summed E-state index contributed by atoms with van der Waals surface area (Å²) in [6, 6.07) is 9.60. The monoisotopic (exact) mass is 346 g/mol. The molecule has 0 unspecified atom stereocenters. The van der Waals surface area contributed by atoms with Gasteiger partial charge in [0.2, 0.25) is 0 Å². The van der Waals surface area contributed by atoms with Crippen LogP contribution >= 0.6 is 15.9 Å². The number of nitrogens with zero attached hydrogens (tertiary/aromatic N) is 1. The molecular formula is C17H19BrN2O. The average molecular weight is 347 g/mol. The highest BCUT2D eigenvalue weighted by Gasteiger charge is 2.14. The van der Waals surface area contributed by atoms with Gasteiger partial charge in [0.1, 0.15) is 4.60 Å². The Kier molecular flexibility index (Phi) is 4.47. The zero-order valence-corrected chi connectivity index (χ0v) is 14.3. The fourth-order valence-corrected chi connectivity index (χ4v) is 2.17. The Hall–Kier alpha value is -1.68. The van der Waals surface area contributed by atoms with Crippen LogP contribution in [0.3, 0.4) is 0 Å². The molecule has 0 aliphatic heterocycles. The lowest BCUT2D eigenvalue weighted by Gasteiger charge is -2.19. The van der Waals surface area contributed by atoms with E-state index in [0.717, 1.165) is 10.2 Å². The first-order valence-electron chi connectivity index (χ1n) is 6.81. The number of nitrogens with one attached hydrogen (secondary N) is 1. The second-order valence-corrected chi connectivity index (χ2v) is 6.86. The summed E-state index contributed by atoms with van der Waals surface area (Å²) in [4.78, 5) is 16.4. The summed E-state index contributed by atoms with van der Waals surface area (Å²) in [6.45, 7) is 8.39. The van der Waals surface area contributed by atoms with Gasteiger partial charge in [-0.05, 0) is 57.6 Å². The number of anilines is 1. The standard InChI is InChI=1S/C17H19BrN2O/c1-11-9-14(10-19-15(11)18)20-16(21)12-5-7-13(8-6-12)17(2,3)4/h5-10H,1-4H3,(H,20,21). The third-order valence-electron chi connectivity index (χ3n) is 3.29. The highest BCUT2D eigenvalue weighted by molar-refractivity contribution is 9.10. The highest BCUT2D eigenvalue weighted by atomic mass is 79.9. The lowest BCUT2D eigenvalue weighted by Crippen LogP contribution is -2.14. The maximum absolute atomic E-state index is 12.2. The quantitative estimate of drug-likeness (QED) is 0.800. The molecule has 0 radical (unpaired) electrons. The maximum Gasteiger partial charge on any atom is 0.255 e. The molecule has 0 bridgehead atoms.